The molecule has 0 saturated carbocycles. The zero-order valence-electron chi connectivity index (χ0n) is 11.0. The van der Waals surface area contributed by atoms with E-state index in [0.717, 1.165) is 11.8 Å². The summed E-state index contributed by atoms with van der Waals surface area (Å²) in [5, 5.41) is 12.3. The molecule has 104 valence electrons. The first-order valence-electron chi connectivity index (χ1n) is 6.13. The van der Waals surface area contributed by atoms with Crippen molar-refractivity contribution in [2.24, 2.45) is 0 Å². The molecule has 1 unspecified atom stereocenters. The van der Waals surface area contributed by atoms with E-state index in [-0.39, 0.29) is 12.2 Å². The third-order valence-corrected chi connectivity index (χ3v) is 3.08. The van der Waals surface area contributed by atoms with Crippen molar-refractivity contribution in [3.05, 3.63) is 70.3 Å². The molecule has 0 spiro atoms. The molecule has 0 bridgehead atoms. The second-order valence-corrected chi connectivity index (χ2v) is 4.65. The van der Waals surface area contributed by atoms with E-state index in [1.807, 2.05) is 30.3 Å². The summed E-state index contributed by atoms with van der Waals surface area (Å²) in [6, 6.07) is 11.7. The van der Waals surface area contributed by atoms with Gasteiger partial charge in [-0.05, 0) is 18.6 Å². The van der Waals surface area contributed by atoms with Gasteiger partial charge in [-0.1, -0.05) is 30.3 Å². The van der Waals surface area contributed by atoms with Crippen molar-refractivity contribution >= 4 is 5.91 Å². The molecule has 1 amide bonds. The number of amides is 1. The Hall–Kier alpha value is -2.40. The lowest BCUT2D eigenvalue weighted by atomic mass is 9.92. The van der Waals surface area contributed by atoms with E-state index in [2.05, 4.69) is 9.73 Å². The highest BCUT2D eigenvalue weighted by molar-refractivity contribution is 5.94. The predicted molar refractivity (Wildman–Crippen MR) is 73.3 cm³/mol. The lowest BCUT2D eigenvalue weighted by Gasteiger charge is -2.29. The molecule has 0 aliphatic carbocycles. The summed E-state index contributed by atoms with van der Waals surface area (Å²) in [5.74, 6) is -0.422. The zero-order chi connectivity index (χ0) is 14.6. The molecule has 5 heteroatoms. The summed E-state index contributed by atoms with van der Waals surface area (Å²) in [6.07, 6.45) is 1.10. The van der Waals surface area contributed by atoms with Gasteiger partial charge in [0.15, 0.2) is 0 Å². The summed E-state index contributed by atoms with van der Waals surface area (Å²) >= 11 is 0. The Kier molecular flexibility index (Phi) is 4.00. The van der Waals surface area contributed by atoms with Gasteiger partial charge in [-0.3, -0.25) is 4.79 Å². The van der Waals surface area contributed by atoms with E-state index in [0.29, 0.717) is 0 Å². The Bertz CT molecular complexity index is 630. The van der Waals surface area contributed by atoms with Crippen molar-refractivity contribution in [3.8, 4) is 0 Å². The molecule has 20 heavy (non-hydrogen) atoms. The SMILES string of the molecule is CC(CO)(NC(=O)c1ccc(=O)oc1)c1ccccc1. The van der Waals surface area contributed by atoms with Gasteiger partial charge in [-0.2, -0.15) is 0 Å². The second kappa shape index (κ2) is 5.71. The number of aliphatic hydroxyl groups is 1. The lowest BCUT2D eigenvalue weighted by Crippen LogP contribution is -2.46. The molecular weight excluding hydrogens is 258 g/mol. The van der Waals surface area contributed by atoms with Crippen LogP contribution in [0.15, 0.2) is 57.9 Å². The van der Waals surface area contributed by atoms with Crippen LogP contribution in [0.2, 0.25) is 0 Å². The maximum atomic E-state index is 12.1. The number of aliphatic hydroxyl groups excluding tert-OH is 1. The third-order valence-electron chi connectivity index (χ3n) is 3.08. The number of benzene rings is 1. The number of rotatable bonds is 4. The lowest BCUT2D eigenvalue weighted by molar-refractivity contribution is 0.0847. The van der Waals surface area contributed by atoms with Crippen molar-refractivity contribution < 1.29 is 14.3 Å². The maximum Gasteiger partial charge on any atom is 0.335 e. The summed E-state index contributed by atoms with van der Waals surface area (Å²) in [5.41, 5.74) is -0.419. The summed E-state index contributed by atoms with van der Waals surface area (Å²) in [7, 11) is 0. The van der Waals surface area contributed by atoms with Gasteiger partial charge < -0.3 is 14.8 Å². The van der Waals surface area contributed by atoms with Crippen LogP contribution < -0.4 is 10.9 Å². The number of nitrogens with one attached hydrogen (secondary N) is 1. The molecule has 0 aliphatic heterocycles. The fourth-order valence-corrected chi connectivity index (χ4v) is 1.82. The fraction of sp³-hybridized carbons (Fsp3) is 0.200. The first-order chi connectivity index (χ1) is 9.55. The molecule has 2 aromatic rings. The predicted octanol–water partition coefficient (Wildman–Crippen LogP) is 1.28. The van der Waals surface area contributed by atoms with Crippen molar-refractivity contribution in [2.45, 2.75) is 12.5 Å². The summed E-state index contributed by atoms with van der Waals surface area (Å²) in [6.45, 7) is 1.47. The Balaban J connectivity index is 2.24. The molecular formula is C15H15NO4. The fourth-order valence-electron chi connectivity index (χ4n) is 1.82. The highest BCUT2D eigenvalue weighted by Crippen LogP contribution is 2.20. The topological polar surface area (TPSA) is 79.5 Å². The van der Waals surface area contributed by atoms with Gasteiger partial charge in [0.25, 0.3) is 5.91 Å². The minimum atomic E-state index is -0.908. The maximum absolute atomic E-state index is 12.1. The third kappa shape index (κ3) is 2.95. The molecule has 0 saturated heterocycles. The van der Waals surface area contributed by atoms with Gasteiger partial charge in [-0.15, -0.1) is 0 Å². The average molecular weight is 273 g/mol. The van der Waals surface area contributed by atoms with E-state index in [4.69, 9.17) is 0 Å². The Morgan fingerprint density at radius 3 is 2.50 bits per heavy atom. The van der Waals surface area contributed by atoms with Crippen LogP contribution in [-0.2, 0) is 5.54 Å². The monoisotopic (exact) mass is 273 g/mol. The van der Waals surface area contributed by atoms with Gasteiger partial charge in [0, 0.05) is 6.07 Å². The smallest absolute Gasteiger partial charge is 0.335 e. The molecule has 0 radical (unpaired) electrons. The molecule has 1 heterocycles. The number of carbonyl (C=O) groups excluding carboxylic acids is 1. The largest absolute Gasteiger partial charge is 0.430 e. The molecule has 1 atom stereocenters. The van der Waals surface area contributed by atoms with Crippen LogP contribution >= 0.6 is 0 Å². The number of hydrogen-bond acceptors (Lipinski definition) is 4. The minimum Gasteiger partial charge on any atom is -0.430 e. The van der Waals surface area contributed by atoms with Gasteiger partial charge in [0.05, 0.1) is 17.7 Å². The first-order valence-corrected chi connectivity index (χ1v) is 6.13. The second-order valence-electron chi connectivity index (χ2n) is 4.65. The van der Waals surface area contributed by atoms with E-state index >= 15 is 0 Å². The van der Waals surface area contributed by atoms with Crippen LogP contribution in [0.3, 0.4) is 0 Å². The van der Waals surface area contributed by atoms with Crippen LogP contribution in [0.25, 0.3) is 0 Å². The summed E-state index contributed by atoms with van der Waals surface area (Å²) in [4.78, 5) is 23.0. The Labute approximate surface area is 115 Å². The van der Waals surface area contributed by atoms with Crippen LogP contribution in [0, 0.1) is 0 Å². The zero-order valence-corrected chi connectivity index (χ0v) is 11.0. The molecule has 2 N–H and O–H groups in total. The standard InChI is InChI=1S/C15H15NO4/c1-15(10-17,12-5-3-2-4-6-12)16-14(19)11-7-8-13(18)20-9-11/h2-9,17H,10H2,1H3,(H,16,19). The van der Waals surface area contributed by atoms with Crippen LogP contribution in [-0.4, -0.2) is 17.6 Å². The Morgan fingerprint density at radius 1 is 1.25 bits per heavy atom. The van der Waals surface area contributed by atoms with E-state index in [9.17, 15) is 14.7 Å². The number of hydrogen-bond donors (Lipinski definition) is 2. The Morgan fingerprint density at radius 2 is 1.95 bits per heavy atom. The minimum absolute atomic E-state index is 0.222. The van der Waals surface area contributed by atoms with Gasteiger partial charge in [0.2, 0.25) is 0 Å². The first kappa shape index (κ1) is 14.0. The van der Waals surface area contributed by atoms with Crippen LogP contribution in [0.1, 0.15) is 22.8 Å². The molecule has 5 nitrogen and oxygen atoms in total. The molecule has 1 aromatic heterocycles. The van der Waals surface area contributed by atoms with Crippen molar-refractivity contribution in [1.29, 1.82) is 0 Å². The molecule has 0 fully saturated rings. The van der Waals surface area contributed by atoms with Crippen molar-refractivity contribution in [3.63, 3.8) is 0 Å². The quantitative estimate of drug-likeness (QED) is 0.879. The molecule has 2 rings (SSSR count). The molecule has 0 aliphatic rings. The van der Waals surface area contributed by atoms with Crippen LogP contribution in [0.4, 0.5) is 0 Å². The van der Waals surface area contributed by atoms with Gasteiger partial charge >= 0.3 is 5.63 Å². The summed E-state index contributed by atoms with van der Waals surface area (Å²) < 4.78 is 4.65. The van der Waals surface area contributed by atoms with Crippen molar-refractivity contribution in [1.82, 2.24) is 5.32 Å². The highest BCUT2D eigenvalue weighted by Gasteiger charge is 2.28. The normalized spacial score (nSPS) is 13.5. The van der Waals surface area contributed by atoms with E-state index in [1.165, 1.54) is 12.1 Å². The van der Waals surface area contributed by atoms with E-state index < -0.39 is 17.1 Å². The van der Waals surface area contributed by atoms with Crippen LogP contribution in [0.5, 0.6) is 0 Å². The average Bonchev–Trinajstić information content (AvgIpc) is 2.48. The number of carbonyl (C=O) groups is 1. The highest BCUT2D eigenvalue weighted by atomic mass is 16.4. The van der Waals surface area contributed by atoms with E-state index in [1.54, 1.807) is 6.92 Å². The van der Waals surface area contributed by atoms with Gasteiger partial charge in [0.1, 0.15) is 6.26 Å². The molecule has 1 aromatic carbocycles. The van der Waals surface area contributed by atoms with Gasteiger partial charge in [-0.25, -0.2) is 4.79 Å². The van der Waals surface area contributed by atoms with Crippen molar-refractivity contribution in [2.75, 3.05) is 6.61 Å².